The number of aliphatic hydroxyl groups excluding tert-OH is 1. The monoisotopic (exact) mass is 308 g/mol. The Morgan fingerprint density at radius 2 is 2.00 bits per heavy atom. The first kappa shape index (κ1) is 16.9. The molecule has 2 rings (SSSR count). The minimum Gasteiger partial charge on any atom is -0.493 e. The number of piperidine rings is 1. The maximum atomic E-state index is 9.91. The lowest BCUT2D eigenvalue weighted by Gasteiger charge is -2.38. The number of benzene rings is 1. The Balaban J connectivity index is 2.13. The quantitative estimate of drug-likeness (QED) is 0.841. The predicted octanol–water partition coefficient (Wildman–Crippen LogP) is 2.02. The van der Waals surface area contributed by atoms with Crippen molar-refractivity contribution in [3.8, 4) is 11.5 Å². The lowest BCUT2D eigenvalue weighted by atomic mass is 9.89. The van der Waals surface area contributed by atoms with Gasteiger partial charge in [-0.15, -0.1) is 0 Å². The second-order valence-corrected chi connectivity index (χ2v) is 6.10. The molecule has 0 bridgehead atoms. The third kappa shape index (κ3) is 4.05. The zero-order chi connectivity index (χ0) is 16.1. The van der Waals surface area contributed by atoms with Crippen LogP contribution in [0.15, 0.2) is 18.2 Å². The SMILES string of the molecule is CCC(O)CC1CC(N)CN(c2ccc(OC)c(OC)c2)C1. The normalized spacial score (nSPS) is 23.2. The van der Waals surface area contributed by atoms with Gasteiger partial charge in [-0.05, 0) is 37.3 Å². The van der Waals surface area contributed by atoms with E-state index >= 15 is 0 Å². The first-order chi connectivity index (χ1) is 10.6. The van der Waals surface area contributed by atoms with Crippen molar-refractivity contribution in [2.75, 3.05) is 32.2 Å². The highest BCUT2D eigenvalue weighted by atomic mass is 16.5. The first-order valence-electron chi connectivity index (χ1n) is 7.98. The van der Waals surface area contributed by atoms with Crippen molar-refractivity contribution in [1.29, 1.82) is 0 Å². The minimum absolute atomic E-state index is 0.135. The lowest BCUT2D eigenvalue weighted by Crippen LogP contribution is -2.47. The molecule has 1 aromatic rings. The van der Waals surface area contributed by atoms with Crippen molar-refractivity contribution < 1.29 is 14.6 Å². The third-order valence-corrected chi connectivity index (χ3v) is 4.38. The Bertz CT molecular complexity index is 481. The molecule has 0 spiro atoms. The average molecular weight is 308 g/mol. The second-order valence-electron chi connectivity index (χ2n) is 6.10. The van der Waals surface area contributed by atoms with Gasteiger partial charge in [-0.3, -0.25) is 0 Å². The van der Waals surface area contributed by atoms with E-state index in [-0.39, 0.29) is 12.1 Å². The van der Waals surface area contributed by atoms with Crippen LogP contribution < -0.4 is 20.1 Å². The van der Waals surface area contributed by atoms with Gasteiger partial charge in [-0.1, -0.05) is 6.92 Å². The largest absolute Gasteiger partial charge is 0.493 e. The number of aliphatic hydroxyl groups is 1. The molecule has 5 nitrogen and oxygen atoms in total. The molecule has 1 fully saturated rings. The van der Waals surface area contributed by atoms with Crippen LogP contribution in [0.3, 0.4) is 0 Å². The van der Waals surface area contributed by atoms with E-state index in [1.165, 1.54) is 0 Å². The topological polar surface area (TPSA) is 68.0 Å². The van der Waals surface area contributed by atoms with Gasteiger partial charge in [0.15, 0.2) is 11.5 Å². The molecule has 3 N–H and O–H groups in total. The average Bonchev–Trinajstić information content (AvgIpc) is 2.53. The Morgan fingerprint density at radius 3 is 2.64 bits per heavy atom. The molecule has 0 aliphatic carbocycles. The van der Waals surface area contributed by atoms with Crippen molar-refractivity contribution in [2.24, 2.45) is 11.7 Å². The van der Waals surface area contributed by atoms with Crippen LogP contribution in [0.5, 0.6) is 11.5 Å². The molecule has 22 heavy (non-hydrogen) atoms. The Kier molecular flexibility index (Phi) is 5.91. The fourth-order valence-corrected chi connectivity index (χ4v) is 3.20. The van der Waals surface area contributed by atoms with Crippen LogP contribution in [0.25, 0.3) is 0 Å². The number of rotatable bonds is 6. The van der Waals surface area contributed by atoms with Crippen molar-refractivity contribution in [1.82, 2.24) is 0 Å². The summed E-state index contributed by atoms with van der Waals surface area (Å²) in [4.78, 5) is 2.28. The highest BCUT2D eigenvalue weighted by Gasteiger charge is 2.27. The van der Waals surface area contributed by atoms with Crippen LogP contribution in [-0.4, -0.2) is 44.6 Å². The Hall–Kier alpha value is -1.46. The summed E-state index contributed by atoms with van der Waals surface area (Å²) in [6.45, 7) is 3.76. The number of anilines is 1. The number of hydrogen-bond acceptors (Lipinski definition) is 5. The van der Waals surface area contributed by atoms with Gasteiger partial charge >= 0.3 is 0 Å². The molecular formula is C17H28N2O3. The number of hydrogen-bond donors (Lipinski definition) is 2. The summed E-state index contributed by atoms with van der Waals surface area (Å²) in [6.07, 6.45) is 2.35. The summed E-state index contributed by atoms with van der Waals surface area (Å²) >= 11 is 0. The van der Waals surface area contributed by atoms with E-state index in [1.807, 2.05) is 25.1 Å². The summed E-state index contributed by atoms with van der Waals surface area (Å²) in [7, 11) is 3.28. The predicted molar refractivity (Wildman–Crippen MR) is 88.8 cm³/mol. The minimum atomic E-state index is -0.234. The van der Waals surface area contributed by atoms with Crippen LogP contribution in [0, 0.1) is 5.92 Å². The summed E-state index contributed by atoms with van der Waals surface area (Å²) in [5.74, 6) is 1.88. The zero-order valence-electron chi connectivity index (χ0n) is 13.8. The molecule has 1 aliphatic heterocycles. The fraction of sp³-hybridized carbons (Fsp3) is 0.647. The number of ether oxygens (including phenoxy) is 2. The van der Waals surface area contributed by atoms with Crippen LogP contribution in [0.2, 0.25) is 0 Å². The highest BCUT2D eigenvalue weighted by Crippen LogP contribution is 2.33. The van der Waals surface area contributed by atoms with Crippen molar-refractivity contribution in [2.45, 2.75) is 38.3 Å². The van der Waals surface area contributed by atoms with Crippen molar-refractivity contribution in [3.63, 3.8) is 0 Å². The lowest BCUT2D eigenvalue weighted by molar-refractivity contribution is 0.131. The van der Waals surface area contributed by atoms with E-state index in [1.54, 1.807) is 14.2 Å². The van der Waals surface area contributed by atoms with Gasteiger partial charge in [0.2, 0.25) is 0 Å². The molecule has 3 atom stereocenters. The molecule has 0 amide bonds. The van der Waals surface area contributed by atoms with Crippen LogP contribution in [0.1, 0.15) is 26.2 Å². The van der Waals surface area contributed by atoms with Crippen LogP contribution in [-0.2, 0) is 0 Å². The first-order valence-corrected chi connectivity index (χ1v) is 7.98. The molecule has 0 saturated carbocycles. The van der Waals surface area contributed by atoms with Gasteiger partial charge in [-0.25, -0.2) is 0 Å². The molecule has 3 unspecified atom stereocenters. The number of methoxy groups -OCH3 is 2. The Morgan fingerprint density at radius 1 is 1.27 bits per heavy atom. The van der Waals surface area contributed by atoms with Gasteiger partial charge < -0.3 is 25.2 Å². The van der Waals surface area contributed by atoms with E-state index in [0.29, 0.717) is 5.92 Å². The van der Waals surface area contributed by atoms with Gasteiger partial charge in [-0.2, -0.15) is 0 Å². The van der Waals surface area contributed by atoms with E-state index < -0.39 is 0 Å². The standard InChI is InChI=1S/C17H28N2O3/c1-4-15(20)8-12-7-13(18)11-19(10-12)14-5-6-16(21-2)17(9-14)22-3/h5-6,9,12-13,15,20H,4,7-8,10-11,18H2,1-3H3. The van der Waals surface area contributed by atoms with Gasteiger partial charge in [0, 0.05) is 30.9 Å². The summed E-state index contributed by atoms with van der Waals surface area (Å²) in [5.41, 5.74) is 7.30. The third-order valence-electron chi connectivity index (χ3n) is 4.38. The highest BCUT2D eigenvalue weighted by molar-refractivity contribution is 5.56. The maximum Gasteiger partial charge on any atom is 0.162 e. The number of nitrogens with zero attached hydrogens (tertiary/aromatic N) is 1. The molecular weight excluding hydrogens is 280 g/mol. The second kappa shape index (κ2) is 7.70. The van der Waals surface area contributed by atoms with Gasteiger partial charge in [0.1, 0.15) is 0 Å². The molecule has 0 radical (unpaired) electrons. The molecule has 1 aromatic carbocycles. The Labute approximate surface area is 133 Å². The molecule has 124 valence electrons. The molecule has 0 aromatic heterocycles. The van der Waals surface area contributed by atoms with Gasteiger partial charge in [0.05, 0.1) is 20.3 Å². The molecule has 1 aliphatic rings. The summed E-state index contributed by atoms with van der Waals surface area (Å²) < 4.78 is 10.7. The maximum absolute atomic E-state index is 9.91. The van der Waals surface area contributed by atoms with E-state index in [9.17, 15) is 5.11 Å². The molecule has 1 saturated heterocycles. The van der Waals surface area contributed by atoms with Crippen LogP contribution in [0.4, 0.5) is 5.69 Å². The van der Waals surface area contributed by atoms with Gasteiger partial charge in [0.25, 0.3) is 0 Å². The van der Waals surface area contributed by atoms with Crippen molar-refractivity contribution >= 4 is 5.69 Å². The van der Waals surface area contributed by atoms with Crippen molar-refractivity contribution in [3.05, 3.63) is 18.2 Å². The van der Waals surface area contributed by atoms with E-state index in [2.05, 4.69) is 4.90 Å². The zero-order valence-corrected chi connectivity index (χ0v) is 13.8. The van der Waals surface area contributed by atoms with E-state index in [0.717, 1.165) is 49.5 Å². The smallest absolute Gasteiger partial charge is 0.162 e. The number of nitrogens with two attached hydrogens (primary N) is 1. The molecule has 1 heterocycles. The molecule has 5 heteroatoms. The fourth-order valence-electron chi connectivity index (χ4n) is 3.20. The van der Waals surface area contributed by atoms with Crippen LogP contribution >= 0.6 is 0 Å². The summed E-state index contributed by atoms with van der Waals surface area (Å²) in [6, 6.07) is 6.08. The summed E-state index contributed by atoms with van der Waals surface area (Å²) in [5, 5.41) is 9.91. The van der Waals surface area contributed by atoms with E-state index in [4.69, 9.17) is 15.2 Å².